The highest BCUT2D eigenvalue weighted by Crippen LogP contribution is 2.23. The Morgan fingerprint density at radius 1 is 1.10 bits per heavy atom. The van der Waals surface area contributed by atoms with Crippen LogP contribution in [0.4, 0.5) is 5.69 Å². The van der Waals surface area contributed by atoms with E-state index >= 15 is 0 Å². The van der Waals surface area contributed by atoms with Crippen LogP contribution in [0.1, 0.15) is 11.1 Å². The molecule has 1 saturated heterocycles. The number of hydrogen-bond donors (Lipinski definition) is 2. The van der Waals surface area contributed by atoms with Gasteiger partial charge in [-0.25, -0.2) is 8.42 Å². The first-order valence-corrected chi connectivity index (χ1v) is 11.7. The molecule has 1 amide bonds. The zero-order chi connectivity index (χ0) is 22.3. The number of morpholine rings is 1. The molecule has 0 bridgehead atoms. The highest BCUT2D eigenvalue weighted by Gasteiger charge is 2.16. The van der Waals surface area contributed by atoms with Gasteiger partial charge in [0.2, 0.25) is 0 Å². The van der Waals surface area contributed by atoms with E-state index in [9.17, 15) is 13.2 Å². The first-order chi connectivity index (χ1) is 14.8. The SMILES string of the molecule is Cc1ccc(NS(=O)(=O)c2ccc(OCC(=O)NCCN3CCOCC3)c(C)c2)cc1. The number of ether oxygens (including phenoxy) is 2. The summed E-state index contributed by atoms with van der Waals surface area (Å²) in [5.74, 6) is 0.253. The topological polar surface area (TPSA) is 97.0 Å². The molecule has 2 N–H and O–H groups in total. The molecule has 0 saturated carbocycles. The van der Waals surface area contributed by atoms with Crippen LogP contribution in [0.25, 0.3) is 0 Å². The number of sulfonamides is 1. The fourth-order valence-corrected chi connectivity index (χ4v) is 4.30. The first kappa shape index (κ1) is 23.1. The van der Waals surface area contributed by atoms with Crippen molar-refractivity contribution >= 4 is 21.6 Å². The molecule has 0 aromatic heterocycles. The average molecular weight is 448 g/mol. The molecule has 2 aromatic rings. The molecular weight excluding hydrogens is 418 g/mol. The summed E-state index contributed by atoms with van der Waals surface area (Å²) in [5.41, 5.74) is 2.18. The summed E-state index contributed by atoms with van der Waals surface area (Å²) in [4.78, 5) is 14.4. The highest BCUT2D eigenvalue weighted by atomic mass is 32.2. The Morgan fingerprint density at radius 2 is 1.81 bits per heavy atom. The minimum Gasteiger partial charge on any atom is -0.484 e. The summed E-state index contributed by atoms with van der Waals surface area (Å²) in [5, 5.41) is 2.83. The van der Waals surface area contributed by atoms with E-state index in [0.29, 0.717) is 23.5 Å². The molecule has 31 heavy (non-hydrogen) atoms. The van der Waals surface area contributed by atoms with Crippen LogP contribution in [0.15, 0.2) is 47.4 Å². The maximum absolute atomic E-state index is 12.6. The van der Waals surface area contributed by atoms with E-state index < -0.39 is 10.0 Å². The molecule has 3 rings (SSSR count). The van der Waals surface area contributed by atoms with Gasteiger partial charge >= 0.3 is 0 Å². The summed E-state index contributed by atoms with van der Waals surface area (Å²) in [6, 6.07) is 11.7. The number of aryl methyl sites for hydroxylation is 2. The van der Waals surface area contributed by atoms with Crippen LogP contribution in [0.2, 0.25) is 0 Å². The van der Waals surface area contributed by atoms with E-state index in [1.807, 2.05) is 19.1 Å². The Hall–Kier alpha value is -2.62. The molecule has 1 fully saturated rings. The lowest BCUT2D eigenvalue weighted by atomic mass is 10.2. The number of benzene rings is 2. The Morgan fingerprint density at radius 3 is 2.48 bits per heavy atom. The molecule has 2 aromatic carbocycles. The predicted octanol–water partition coefficient (Wildman–Crippen LogP) is 1.93. The van der Waals surface area contributed by atoms with Crippen molar-refractivity contribution in [1.29, 1.82) is 0 Å². The van der Waals surface area contributed by atoms with Gasteiger partial charge in [-0.05, 0) is 49.7 Å². The van der Waals surface area contributed by atoms with Crippen molar-refractivity contribution in [3.05, 3.63) is 53.6 Å². The number of rotatable bonds is 9. The van der Waals surface area contributed by atoms with Crippen LogP contribution in [-0.2, 0) is 19.6 Å². The number of carbonyl (C=O) groups is 1. The van der Waals surface area contributed by atoms with Gasteiger partial charge in [-0.1, -0.05) is 17.7 Å². The van der Waals surface area contributed by atoms with Gasteiger partial charge in [0, 0.05) is 31.9 Å². The molecule has 0 atom stereocenters. The number of anilines is 1. The number of amides is 1. The molecular formula is C22H29N3O5S. The summed E-state index contributed by atoms with van der Waals surface area (Å²) < 4.78 is 38.7. The quantitative estimate of drug-likeness (QED) is 0.610. The molecule has 1 aliphatic heterocycles. The Kier molecular flexibility index (Phi) is 7.89. The molecule has 8 nitrogen and oxygen atoms in total. The van der Waals surface area contributed by atoms with Gasteiger partial charge in [0.15, 0.2) is 6.61 Å². The second-order valence-electron chi connectivity index (χ2n) is 7.49. The predicted molar refractivity (Wildman–Crippen MR) is 119 cm³/mol. The van der Waals surface area contributed by atoms with Crippen molar-refractivity contribution in [1.82, 2.24) is 10.2 Å². The largest absolute Gasteiger partial charge is 0.484 e. The highest BCUT2D eigenvalue weighted by molar-refractivity contribution is 7.92. The van der Waals surface area contributed by atoms with Gasteiger partial charge < -0.3 is 14.8 Å². The van der Waals surface area contributed by atoms with Gasteiger partial charge in [-0.3, -0.25) is 14.4 Å². The average Bonchev–Trinajstić information content (AvgIpc) is 2.75. The second-order valence-corrected chi connectivity index (χ2v) is 9.17. The van der Waals surface area contributed by atoms with Crippen molar-refractivity contribution in [2.45, 2.75) is 18.7 Å². The van der Waals surface area contributed by atoms with Crippen molar-refractivity contribution in [2.75, 3.05) is 50.7 Å². The molecule has 168 valence electrons. The van der Waals surface area contributed by atoms with E-state index in [1.165, 1.54) is 12.1 Å². The summed E-state index contributed by atoms with van der Waals surface area (Å²) in [6.45, 7) is 8.07. The standard InChI is InChI=1S/C22H29N3O5S/c1-17-3-5-19(6-4-17)24-31(27,28)20-7-8-21(18(2)15-20)30-16-22(26)23-9-10-25-11-13-29-14-12-25/h3-8,15,24H,9-14,16H2,1-2H3,(H,23,26). The van der Waals surface area contributed by atoms with E-state index in [-0.39, 0.29) is 17.4 Å². The molecule has 0 aliphatic carbocycles. The van der Waals surface area contributed by atoms with Gasteiger partial charge in [-0.15, -0.1) is 0 Å². The smallest absolute Gasteiger partial charge is 0.261 e. The van der Waals surface area contributed by atoms with Crippen molar-refractivity contribution < 1.29 is 22.7 Å². The van der Waals surface area contributed by atoms with Crippen LogP contribution >= 0.6 is 0 Å². The number of hydrogen-bond acceptors (Lipinski definition) is 6. The molecule has 9 heteroatoms. The van der Waals surface area contributed by atoms with Crippen LogP contribution in [-0.4, -0.2) is 65.2 Å². The Labute approximate surface area is 183 Å². The van der Waals surface area contributed by atoms with Crippen LogP contribution in [0, 0.1) is 13.8 Å². The van der Waals surface area contributed by atoms with Crippen molar-refractivity contribution in [3.8, 4) is 5.75 Å². The van der Waals surface area contributed by atoms with E-state index in [0.717, 1.165) is 38.4 Å². The van der Waals surface area contributed by atoms with Gasteiger partial charge in [0.1, 0.15) is 5.75 Å². The lowest BCUT2D eigenvalue weighted by Crippen LogP contribution is -2.42. The lowest BCUT2D eigenvalue weighted by Gasteiger charge is -2.26. The van der Waals surface area contributed by atoms with E-state index in [2.05, 4.69) is 14.9 Å². The third-order valence-corrected chi connectivity index (χ3v) is 6.35. The van der Waals surface area contributed by atoms with Crippen molar-refractivity contribution in [2.24, 2.45) is 0 Å². The number of nitrogens with zero attached hydrogens (tertiary/aromatic N) is 1. The Bertz CT molecular complexity index is 987. The number of nitrogens with one attached hydrogen (secondary N) is 2. The van der Waals surface area contributed by atoms with E-state index in [1.54, 1.807) is 25.1 Å². The summed E-state index contributed by atoms with van der Waals surface area (Å²) in [6.07, 6.45) is 0. The normalized spacial score (nSPS) is 14.8. The maximum atomic E-state index is 12.6. The monoisotopic (exact) mass is 447 g/mol. The van der Waals surface area contributed by atoms with Gasteiger partial charge in [0.25, 0.3) is 15.9 Å². The van der Waals surface area contributed by atoms with Crippen LogP contribution < -0.4 is 14.8 Å². The van der Waals surface area contributed by atoms with Crippen LogP contribution in [0.5, 0.6) is 5.75 Å². The Balaban J connectivity index is 1.50. The molecule has 0 radical (unpaired) electrons. The zero-order valence-corrected chi connectivity index (χ0v) is 18.7. The fraction of sp³-hybridized carbons (Fsp3) is 0.409. The van der Waals surface area contributed by atoms with Gasteiger partial charge in [0.05, 0.1) is 18.1 Å². The fourth-order valence-electron chi connectivity index (χ4n) is 3.16. The third-order valence-electron chi connectivity index (χ3n) is 4.97. The van der Waals surface area contributed by atoms with Gasteiger partial charge in [-0.2, -0.15) is 0 Å². The second kappa shape index (κ2) is 10.6. The van der Waals surface area contributed by atoms with Crippen molar-refractivity contribution in [3.63, 3.8) is 0 Å². The minimum absolute atomic E-state index is 0.127. The minimum atomic E-state index is -3.72. The molecule has 1 heterocycles. The molecule has 0 unspecified atom stereocenters. The van der Waals surface area contributed by atoms with E-state index in [4.69, 9.17) is 9.47 Å². The number of carbonyl (C=O) groups excluding carboxylic acids is 1. The summed E-state index contributed by atoms with van der Waals surface area (Å²) >= 11 is 0. The molecule has 0 spiro atoms. The maximum Gasteiger partial charge on any atom is 0.261 e. The van der Waals surface area contributed by atoms with Crippen LogP contribution in [0.3, 0.4) is 0 Å². The first-order valence-electron chi connectivity index (χ1n) is 10.2. The third kappa shape index (κ3) is 6.95. The zero-order valence-electron chi connectivity index (χ0n) is 17.9. The lowest BCUT2D eigenvalue weighted by molar-refractivity contribution is -0.123. The molecule has 1 aliphatic rings. The summed E-state index contributed by atoms with van der Waals surface area (Å²) in [7, 11) is -3.72.